The first-order valence-corrected chi connectivity index (χ1v) is 14.7. The summed E-state index contributed by atoms with van der Waals surface area (Å²) in [7, 11) is 0.579. The summed E-state index contributed by atoms with van der Waals surface area (Å²) in [6, 6.07) is 12.9. The average molecular weight is 547 g/mol. The molecule has 5 aromatic rings. The summed E-state index contributed by atoms with van der Waals surface area (Å²) < 4.78 is 29.8. The molecule has 0 radical (unpaired) electrons. The summed E-state index contributed by atoms with van der Waals surface area (Å²) in [6.45, 7) is 2.35. The fraction of sp³-hybridized carbons (Fsp3) is 0.333. The van der Waals surface area contributed by atoms with Gasteiger partial charge in [-0.1, -0.05) is 6.07 Å². The van der Waals surface area contributed by atoms with Gasteiger partial charge in [0.15, 0.2) is 26.3 Å². The molecule has 4 aromatic heterocycles. The molecular weight excluding hydrogens is 516 g/mol. The molecule has 1 fully saturated rings. The van der Waals surface area contributed by atoms with Gasteiger partial charge in [0, 0.05) is 54.9 Å². The van der Waals surface area contributed by atoms with Crippen molar-refractivity contribution in [3.8, 4) is 5.82 Å². The van der Waals surface area contributed by atoms with E-state index in [-0.39, 0.29) is 10.6 Å². The van der Waals surface area contributed by atoms with Crippen molar-refractivity contribution in [3.63, 3.8) is 0 Å². The first kappa shape index (κ1) is 25.3. The number of nitrogens with zero attached hydrogens (tertiary/aromatic N) is 7. The largest absolute Gasteiger partial charge is 0.346 e. The molecule has 1 aromatic carbocycles. The van der Waals surface area contributed by atoms with Crippen LogP contribution < -0.4 is 10.9 Å². The van der Waals surface area contributed by atoms with Crippen molar-refractivity contribution in [3.05, 3.63) is 65.2 Å². The number of nitrogens with one attached hydrogen (secondary N) is 1. The standard InChI is InChI=1S/C27H30N8O3S/c1-32(2)13-14-33-12-11-19-15-20(9-10-22(19)33)29-27-28-16-21-25(31-27)35(34(26(21)36)17-18-7-8-18)23-5-4-6-24(30-23)39(3,37)38/h4-6,9-12,15-16,18H,7-8,13-14,17H2,1-3H3,(H,28,29,31). The van der Waals surface area contributed by atoms with Gasteiger partial charge >= 0.3 is 0 Å². The maximum Gasteiger partial charge on any atom is 0.278 e. The summed E-state index contributed by atoms with van der Waals surface area (Å²) in [5.74, 6) is 1.03. The van der Waals surface area contributed by atoms with Gasteiger partial charge < -0.3 is 14.8 Å². The second-order valence-corrected chi connectivity index (χ2v) is 12.4. The SMILES string of the molecule is CN(C)CCn1ccc2cc(Nc3ncc4c(=O)n(CC5CC5)n(-c5cccc(S(C)(=O)=O)n5)c4n3)ccc21. The van der Waals surface area contributed by atoms with Gasteiger partial charge in [0.2, 0.25) is 5.95 Å². The van der Waals surface area contributed by atoms with E-state index >= 15 is 0 Å². The third-order valence-corrected chi connectivity index (χ3v) is 7.91. The minimum Gasteiger partial charge on any atom is -0.346 e. The molecule has 39 heavy (non-hydrogen) atoms. The Balaban J connectivity index is 1.40. The average Bonchev–Trinajstić information content (AvgIpc) is 3.57. The van der Waals surface area contributed by atoms with Crippen LogP contribution in [0.15, 0.2) is 64.7 Å². The monoisotopic (exact) mass is 546 g/mol. The highest BCUT2D eigenvalue weighted by molar-refractivity contribution is 7.90. The lowest BCUT2D eigenvalue weighted by molar-refractivity contribution is 0.387. The molecule has 12 heteroatoms. The van der Waals surface area contributed by atoms with Crippen LogP contribution in [-0.2, 0) is 22.9 Å². The molecule has 4 heterocycles. The second kappa shape index (κ2) is 9.62. The first-order chi connectivity index (χ1) is 18.7. The Morgan fingerprint density at radius 2 is 1.92 bits per heavy atom. The third-order valence-electron chi connectivity index (χ3n) is 6.92. The van der Waals surface area contributed by atoms with Gasteiger partial charge in [-0.25, -0.2) is 27.7 Å². The number of hydrogen-bond acceptors (Lipinski definition) is 8. The summed E-state index contributed by atoms with van der Waals surface area (Å²) in [6.07, 6.45) is 6.80. The highest BCUT2D eigenvalue weighted by Crippen LogP contribution is 2.31. The number of likely N-dealkylation sites (N-methyl/N-ethyl adjacent to an activating group) is 1. The van der Waals surface area contributed by atoms with E-state index in [9.17, 15) is 13.2 Å². The lowest BCUT2D eigenvalue weighted by Gasteiger charge is -2.12. The molecule has 1 aliphatic rings. The number of rotatable bonds is 9. The number of fused-ring (bicyclic) bond motifs is 2. The second-order valence-electron chi connectivity index (χ2n) is 10.4. The topological polar surface area (TPSA) is 120 Å². The Morgan fingerprint density at radius 1 is 1.10 bits per heavy atom. The first-order valence-electron chi connectivity index (χ1n) is 12.8. The minimum atomic E-state index is -3.54. The quantitative estimate of drug-likeness (QED) is 0.300. The zero-order valence-corrected chi connectivity index (χ0v) is 22.9. The Kier molecular flexibility index (Phi) is 6.23. The van der Waals surface area contributed by atoms with E-state index in [1.807, 2.05) is 12.1 Å². The minimum absolute atomic E-state index is 0.0644. The number of aromatic nitrogens is 6. The molecule has 0 unspecified atom stereocenters. The number of sulfone groups is 1. The van der Waals surface area contributed by atoms with Gasteiger partial charge in [-0.05, 0) is 69.3 Å². The molecule has 0 saturated heterocycles. The maximum atomic E-state index is 13.4. The molecular formula is C27H30N8O3S. The van der Waals surface area contributed by atoms with Crippen LogP contribution in [0.2, 0.25) is 0 Å². The van der Waals surface area contributed by atoms with Crippen molar-refractivity contribution in [2.45, 2.75) is 31.0 Å². The van der Waals surface area contributed by atoms with Crippen molar-refractivity contribution >= 4 is 43.4 Å². The van der Waals surface area contributed by atoms with Crippen LogP contribution in [0.3, 0.4) is 0 Å². The molecule has 1 N–H and O–H groups in total. The van der Waals surface area contributed by atoms with Crippen molar-refractivity contribution in [2.24, 2.45) is 5.92 Å². The van der Waals surface area contributed by atoms with E-state index in [1.165, 1.54) is 12.3 Å². The summed E-state index contributed by atoms with van der Waals surface area (Å²) >= 11 is 0. The van der Waals surface area contributed by atoms with Gasteiger partial charge in [-0.3, -0.25) is 4.79 Å². The zero-order valence-electron chi connectivity index (χ0n) is 22.1. The molecule has 1 aliphatic carbocycles. The summed E-state index contributed by atoms with van der Waals surface area (Å²) in [5, 5.41) is 4.64. The Morgan fingerprint density at radius 3 is 2.67 bits per heavy atom. The highest BCUT2D eigenvalue weighted by atomic mass is 32.2. The van der Waals surface area contributed by atoms with Crippen molar-refractivity contribution < 1.29 is 8.42 Å². The van der Waals surface area contributed by atoms with E-state index in [4.69, 9.17) is 4.98 Å². The van der Waals surface area contributed by atoms with Crippen molar-refractivity contribution in [1.29, 1.82) is 0 Å². The van der Waals surface area contributed by atoms with Crippen molar-refractivity contribution in [2.75, 3.05) is 32.2 Å². The lowest BCUT2D eigenvalue weighted by Crippen LogP contribution is -2.24. The highest BCUT2D eigenvalue weighted by Gasteiger charge is 2.27. The van der Waals surface area contributed by atoms with Crippen LogP contribution in [0.4, 0.5) is 11.6 Å². The van der Waals surface area contributed by atoms with Gasteiger partial charge in [0.05, 0.1) is 0 Å². The third kappa shape index (κ3) is 5.04. The molecule has 6 rings (SSSR count). The lowest BCUT2D eigenvalue weighted by atomic mass is 10.2. The molecule has 0 spiro atoms. The van der Waals surface area contributed by atoms with Crippen LogP contribution in [0.1, 0.15) is 12.8 Å². The number of pyridine rings is 1. The van der Waals surface area contributed by atoms with Gasteiger partial charge in [0.25, 0.3) is 5.56 Å². The molecule has 11 nitrogen and oxygen atoms in total. The van der Waals surface area contributed by atoms with E-state index in [0.717, 1.165) is 48.8 Å². The smallest absolute Gasteiger partial charge is 0.278 e. The van der Waals surface area contributed by atoms with Gasteiger partial charge in [-0.15, -0.1) is 0 Å². The zero-order chi connectivity index (χ0) is 27.3. The Labute approximate surface area is 225 Å². The predicted octanol–water partition coefficient (Wildman–Crippen LogP) is 3.05. The van der Waals surface area contributed by atoms with Crippen molar-refractivity contribution in [1.82, 2.24) is 33.8 Å². The Bertz CT molecular complexity index is 1870. The number of hydrogen-bond donors (Lipinski definition) is 1. The fourth-order valence-electron chi connectivity index (χ4n) is 4.67. The fourth-order valence-corrected chi connectivity index (χ4v) is 5.25. The van der Waals surface area contributed by atoms with Crippen LogP contribution in [0, 0.1) is 5.92 Å². The summed E-state index contributed by atoms with van der Waals surface area (Å²) in [4.78, 5) is 29.0. The normalized spacial score (nSPS) is 14.1. The summed E-state index contributed by atoms with van der Waals surface area (Å²) in [5.41, 5.74) is 2.10. The van der Waals surface area contributed by atoms with E-state index < -0.39 is 9.84 Å². The van der Waals surface area contributed by atoms with Gasteiger partial charge in [0.1, 0.15) is 5.39 Å². The van der Waals surface area contributed by atoms with E-state index in [0.29, 0.717) is 35.3 Å². The maximum absolute atomic E-state index is 13.4. The van der Waals surface area contributed by atoms with E-state index in [1.54, 1.807) is 21.5 Å². The Hall–Kier alpha value is -4.03. The predicted molar refractivity (Wildman–Crippen MR) is 151 cm³/mol. The number of anilines is 2. The molecule has 0 bridgehead atoms. The van der Waals surface area contributed by atoms with E-state index in [2.05, 4.69) is 57.2 Å². The van der Waals surface area contributed by atoms with Crippen LogP contribution in [0.5, 0.6) is 0 Å². The molecule has 202 valence electrons. The molecule has 0 amide bonds. The molecule has 0 atom stereocenters. The van der Waals surface area contributed by atoms with Gasteiger partial charge in [-0.2, -0.15) is 4.98 Å². The molecule has 1 saturated carbocycles. The van der Waals surface area contributed by atoms with Crippen LogP contribution in [0.25, 0.3) is 27.8 Å². The van der Waals surface area contributed by atoms with Crippen LogP contribution >= 0.6 is 0 Å². The molecule has 0 aliphatic heterocycles. The van der Waals surface area contributed by atoms with Crippen LogP contribution in [-0.4, -0.2) is 69.1 Å². The number of benzene rings is 1.